The molecule has 0 saturated heterocycles. The summed E-state index contributed by atoms with van der Waals surface area (Å²) in [4.78, 5) is 0. The zero-order valence-electron chi connectivity index (χ0n) is 27.6. The lowest BCUT2D eigenvalue weighted by molar-refractivity contribution is -0.910. The molecule has 2 saturated carbocycles. The summed E-state index contributed by atoms with van der Waals surface area (Å²) in [6.07, 6.45) is 25.5. The van der Waals surface area contributed by atoms with Crippen molar-refractivity contribution in [2.24, 2.45) is 17.3 Å². The van der Waals surface area contributed by atoms with Crippen molar-refractivity contribution in [1.82, 2.24) is 0 Å². The summed E-state index contributed by atoms with van der Waals surface area (Å²) in [6.45, 7) is 10.9. The zero-order chi connectivity index (χ0) is 29.3. The Kier molecular flexibility index (Phi) is 12.1. The molecule has 234 valence electrons. The van der Waals surface area contributed by atoms with E-state index in [1.807, 2.05) is 12.1 Å². The van der Waals surface area contributed by atoms with E-state index in [1.165, 1.54) is 132 Å². The number of aromatic hydroxyl groups is 1. The van der Waals surface area contributed by atoms with Gasteiger partial charge < -0.3 is 14.7 Å². The molecule has 0 amide bonds. The highest BCUT2D eigenvalue weighted by atomic mass is 16.3. The molecular weight excluding hydrogens is 502 g/mol. The van der Waals surface area contributed by atoms with Gasteiger partial charge in [-0.25, -0.2) is 0 Å². The van der Waals surface area contributed by atoms with E-state index >= 15 is 0 Å². The number of hydrogen-bond donors (Lipinski definition) is 2. The van der Waals surface area contributed by atoms with E-state index in [-0.39, 0.29) is 5.41 Å². The quantitative estimate of drug-likeness (QED) is 0.137. The number of hydrogen-bond acceptors (Lipinski definition) is 2. The van der Waals surface area contributed by atoms with Crippen LogP contribution < -0.4 is 0 Å². The molecule has 2 N–H and O–H groups in total. The lowest BCUT2D eigenvalue weighted by atomic mass is 9.53. The first-order valence-electron chi connectivity index (χ1n) is 18.1. The molecule has 4 rings (SSSR count). The first-order chi connectivity index (χ1) is 19.8. The summed E-state index contributed by atoms with van der Waals surface area (Å²) >= 11 is 0. The Labute approximate surface area is 254 Å². The van der Waals surface area contributed by atoms with Gasteiger partial charge in [0.05, 0.1) is 32.3 Å². The van der Waals surface area contributed by atoms with E-state index in [4.69, 9.17) is 0 Å². The van der Waals surface area contributed by atoms with Gasteiger partial charge in [-0.1, -0.05) is 78.2 Å². The maximum Gasteiger partial charge on any atom is 0.115 e. The average Bonchev–Trinajstić information content (AvgIpc) is 3.22. The highest BCUT2D eigenvalue weighted by molar-refractivity contribution is 5.40. The third-order valence-electron chi connectivity index (χ3n) is 12.4. The summed E-state index contributed by atoms with van der Waals surface area (Å²) in [7, 11) is 2.53. The minimum absolute atomic E-state index is 0.0601. The van der Waals surface area contributed by atoms with E-state index in [1.54, 1.807) is 0 Å². The van der Waals surface area contributed by atoms with Crippen LogP contribution in [0.2, 0.25) is 0 Å². The maximum atomic E-state index is 12.3. The van der Waals surface area contributed by atoms with Crippen LogP contribution in [0.5, 0.6) is 5.75 Å². The van der Waals surface area contributed by atoms with E-state index < -0.39 is 5.60 Å². The summed E-state index contributed by atoms with van der Waals surface area (Å²) in [5.41, 5.74) is 2.43. The molecule has 0 radical (unpaired) electrons. The molecule has 3 nitrogen and oxygen atoms in total. The van der Waals surface area contributed by atoms with Gasteiger partial charge in [-0.2, -0.15) is 0 Å². The Hall–Kier alpha value is -1.06. The van der Waals surface area contributed by atoms with Crippen molar-refractivity contribution in [1.29, 1.82) is 0 Å². The molecule has 0 aliphatic heterocycles. The standard InChI is InChI=1S/C38H65NO2/c1-5-7-9-11-13-15-27-39(4,28-16-14-12-10-8-6-2)29-17-24-38(41)26-23-36-35-20-18-31-30-32(40)19-21-33(31)34(35)22-25-37(36,38)3/h19,21,30,34-36,41H,5-18,20,22-29H2,1-4H3/p+1/t34?,35?,36?,37-,38-/m0/s1. The number of fused-ring (bicyclic) bond motifs is 5. The first-order valence-corrected chi connectivity index (χ1v) is 18.1. The first kappa shape index (κ1) is 32.8. The van der Waals surface area contributed by atoms with Crippen LogP contribution in [0.1, 0.15) is 160 Å². The van der Waals surface area contributed by atoms with Gasteiger partial charge in [0.2, 0.25) is 0 Å². The third-order valence-corrected chi connectivity index (χ3v) is 12.4. The Morgan fingerprint density at radius 3 is 2.05 bits per heavy atom. The van der Waals surface area contributed by atoms with Crippen LogP contribution in [0.3, 0.4) is 0 Å². The van der Waals surface area contributed by atoms with Gasteiger partial charge in [0.25, 0.3) is 0 Å². The van der Waals surface area contributed by atoms with Crippen LogP contribution in [0.15, 0.2) is 18.2 Å². The lowest BCUT2D eigenvalue weighted by Crippen LogP contribution is -2.52. The second-order valence-corrected chi connectivity index (χ2v) is 15.3. The second kappa shape index (κ2) is 15.1. The predicted molar refractivity (Wildman–Crippen MR) is 174 cm³/mol. The molecule has 3 aliphatic carbocycles. The number of aliphatic hydroxyl groups is 1. The topological polar surface area (TPSA) is 40.5 Å². The number of phenols is 1. The highest BCUT2D eigenvalue weighted by Crippen LogP contribution is 2.65. The van der Waals surface area contributed by atoms with Crippen molar-refractivity contribution >= 4 is 0 Å². The van der Waals surface area contributed by atoms with Gasteiger partial charge >= 0.3 is 0 Å². The van der Waals surface area contributed by atoms with Crippen LogP contribution in [0.4, 0.5) is 0 Å². The molecule has 0 heterocycles. The number of unbranched alkanes of at least 4 members (excludes halogenated alkanes) is 10. The molecule has 0 aromatic heterocycles. The summed E-state index contributed by atoms with van der Waals surface area (Å²) < 4.78 is 1.21. The maximum absolute atomic E-state index is 12.3. The molecule has 5 atom stereocenters. The number of rotatable bonds is 18. The Balaban J connectivity index is 1.33. The minimum Gasteiger partial charge on any atom is -0.508 e. The molecule has 3 unspecified atom stereocenters. The SMILES string of the molecule is CCCCCCCC[N+](C)(CCCCCCCC)CCC[C@]1(O)CCC2C3CCc4cc(O)ccc4C3CC[C@@]21C. The molecule has 3 heteroatoms. The average molecular weight is 569 g/mol. The van der Waals surface area contributed by atoms with Crippen molar-refractivity contribution in [3.05, 3.63) is 29.3 Å². The zero-order valence-corrected chi connectivity index (χ0v) is 27.6. The van der Waals surface area contributed by atoms with E-state index in [2.05, 4.69) is 33.9 Å². The monoisotopic (exact) mass is 569 g/mol. The van der Waals surface area contributed by atoms with Crippen molar-refractivity contribution in [2.75, 3.05) is 26.7 Å². The van der Waals surface area contributed by atoms with E-state index in [9.17, 15) is 10.2 Å². The smallest absolute Gasteiger partial charge is 0.115 e. The number of aryl methyl sites for hydroxylation is 1. The van der Waals surface area contributed by atoms with Gasteiger partial charge in [-0.15, -0.1) is 0 Å². The normalized spacial score (nSPS) is 29.2. The van der Waals surface area contributed by atoms with Crippen LogP contribution >= 0.6 is 0 Å². The fourth-order valence-electron chi connectivity index (χ4n) is 9.73. The number of quaternary nitrogens is 1. The molecule has 1 aromatic rings. The molecule has 1 aromatic carbocycles. The molecule has 0 spiro atoms. The van der Waals surface area contributed by atoms with Gasteiger partial charge in [0.1, 0.15) is 5.75 Å². The highest BCUT2D eigenvalue weighted by Gasteiger charge is 2.61. The van der Waals surface area contributed by atoms with E-state index in [0.29, 0.717) is 23.5 Å². The largest absolute Gasteiger partial charge is 0.508 e. The lowest BCUT2D eigenvalue weighted by Gasteiger charge is -2.53. The third kappa shape index (κ3) is 7.91. The van der Waals surface area contributed by atoms with Crippen molar-refractivity contribution in [3.63, 3.8) is 0 Å². The summed E-state index contributed by atoms with van der Waals surface area (Å²) in [5.74, 6) is 2.37. The Morgan fingerprint density at radius 2 is 1.39 bits per heavy atom. The molecule has 0 bridgehead atoms. The molecule has 2 fully saturated rings. The minimum atomic E-state index is -0.497. The van der Waals surface area contributed by atoms with Crippen molar-refractivity contribution in [2.45, 2.75) is 161 Å². The van der Waals surface area contributed by atoms with Gasteiger partial charge in [0, 0.05) is 0 Å². The number of nitrogens with zero attached hydrogens (tertiary/aromatic N) is 1. The summed E-state index contributed by atoms with van der Waals surface area (Å²) in [5, 5.41) is 22.3. The fraction of sp³-hybridized carbons (Fsp3) is 0.842. The number of benzene rings is 1. The predicted octanol–water partition coefficient (Wildman–Crippen LogP) is 9.93. The molecular formula is C38H66NO2+. The van der Waals surface area contributed by atoms with Crippen LogP contribution in [-0.2, 0) is 6.42 Å². The number of phenolic OH excluding ortho intramolecular Hbond substituents is 1. The van der Waals surface area contributed by atoms with Gasteiger partial charge in [-0.05, 0) is 123 Å². The molecule has 41 heavy (non-hydrogen) atoms. The summed E-state index contributed by atoms with van der Waals surface area (Å²) in [6, 6.07) is 6.11. The second-order valence-electron chi connectivity index (χ2n) is 15.3. The van der Waals surface area contributed by atoms with E-state index in [0.717, 1.165) is 32.1 Å². The molecule has 3 aliphatic rings. The van der Waals surface area contributed by atoms with Crippen molar-refractivity contribution in [3.8, 4) is 5.75 Å². The Morgan fingerprint density at radius 1 is 0.780 bits per heavy atom. The van der Waals surface area contributed by atoms with Crippen LogP contribution in [-0.4, -0.2) is 47.0 Å². The Bertz CT molecular complexity index is 913. The van der Waals surface area contributed by atoms with Gasteiger partial charge in [-0.3, -0.25) is 0 Å². The van der Waals surface area contributed by atoms with Crippen LogP contribution in [0.25, 0.3) is 0 Å². The van der Waals surface area contributed by atoms with Gasteiger partial charge in [0.15, 0.2) is 0 Å². The fourth-order valence-corrected chi connectivity index (χ4v) is 9.73. The van der Waals surface area contributed by atoms with Crippen LogP contribution in [0, 0.1) is 17.3 Å². The van der Waals surface area contributed by atoms with Crippen molar-refractivity contribution < 1.29 is 14.7 Å².